The minimum Gasteiger partial charge on any atom is -0.365 e. The van der Waals surface area contributed by atoms with Gasteiger partial charge in [-0.25, -0.2) is 0 Å². The minimum atomic E-state index is 0.509. The Balaban J connectivity index is 1.81. The molecule has 108 valence electrons. The lowest BCUT2D eigenvalue weighted by Crippen LogP contribution is -2.33. The molecule has 2 aromatic rings. The van der Waals surface area contributed by atoms with Crippen molar-refractivity contribution in [1.82, 2.24) is 0 Å². The monoisotopic (exact) mass is 277 g/mol. The molecule has 1 heterocycles. The van der Waals surface area contributed by atoms with Gasteiger partial charge in [-0.2, -0.15) is 0 Å². The summed E-state index contributed by atoms with van der Waals surface area (Å²) >= 11 is 0. The zero-order chi connectivity index (χ0) is 14.3. The zero-order valence-corrected chi connectivity index (χ0v) is 12.5. The van der Waals surface area contributed by atoms with Crippen molar-refractivity contribution in [2.75, 3.05) is 11.4 Å². The summed E-state index contributed by atoms with van der Waals surface area (Å²) in [4.78, 5) is 2.56. The van der Waals surface area contributed by atoms with E-state index in [2.05, 4.69) is 77.7 Å². The Bertz CT molecular complexity index is 559. The average Bonchev–Trinajstić information content (AvgIpc) is 2.80. The predicted octanol–water partition coefficient (Wildman–Crippen LogP) is 5.15. The number of para-hydroxylation sites is 1. The molecule has 1 heteroatoms. The Morgan fingerprint density at radius 2 is 1.52 bits per heavy atom. The number of hydrogen-bond donors (Lipinski definition) is 0. The maximum absolute atomic E-state index is 2.56. The fourth-order valence-electron chi connectivity index (χ4n) is 3.06. The first-order chi connectivity index (χ1) is 10.4. The fourth-order valence-corrected chi connectivity index (χ4v) is 3.06. The second-order valence-electron chi connectivity index (χ2n) is 5.72. The lowest BCUT2D eigenvalue weighted by atomic mass is 10.1. The second kappa shape index (κ2) is 7.12. The van der Waals surface area contributed by atoms with Crippen LogP contribution in [0.25, 0.3) is 6.08 Å². The van der Waals surface area contributed by atoms with E-state index < -0.39 is 0 Å². The topological polar surface area (TPSA) is 3.24 Å². The van der Waals surface area contributed by atoms with Crippen molar-refractivity contribution in [2.24, 2.45) is 0 Å². The Morgan fingerprint density at radius 3 is 2.29 bits per heavy atom. The smallest absolute Gasteiger partial charge is 0.0476 e. The number of hydrogen-bond acceptors (Lipinski definition) is 1. The van der Waals surface area contributed by atoms with Crippen molar-refractivity contribution in [1.29, 1.82) is 0 Å². The van der Waals surface area contributed by atoms with Crippen LogP contribution < -0.4 is 4.90 Å². The summed E-state index contributed by atoms with van der Waals surface area (Å²) in [5.74, 6) is 0. The molecule has 2 aromatic carbocycles. The lowest BCUT2D eigenvalue weighted by Gasteiger charge is -2.30. The van der Waals surface area contributed by atoms with Crippen LogP contribution in [0.15, 0.2) is 66.7 Å². The molecular weight excluding hydrogens is 254 g/mol. The van der Waals surface area contributed by atoms with Crippen LogP contribution in [0.1, 0.15) is 31.2 Å². The molecule has 1 aliphatic heterocycles. The minimum absolute atomic E-state index is 0.509. The lowest BCUT2D eigenvalue weighted by molar-refractivity contribution is 0.665. The highest BCUT2D eigenvalue weighted by molar-refractivity contribution is 5.54. The molecule has 0 amide bonds. The van der Waals surface area contributed by atoms with Gasteiger partial charge in [-0.15, -0.1) is 0 Å². The van der Waals surface area contributed by atoms with E-state index >= 15 is 0 Å². The molecule has 1 aliphatic rings. The molecule has 0 spiro atoms. The zero-order valence-electron chi connectivity index (χ0n) is 12.5. The van der Waals surface area contributed by atoms with Crippen molar-refractivity contribution in [3.63, 3.8) is 0 Å². The van der Waals surface area contributed by atoms with Gasteiger partial charge in [-0.3, -0.25) is 0 Å². The Labute approximate surface area is 127 Å². The van der Waals surface area contributed by atoms with Gasteiger partial charge in [0.2, 0.25) is 0 Å². The normalized spacial score (nSPS) is 19.6. The molecular formula is C20H23N. The highest BCUT2D eigenvalue weighted by atomic mass is 15.2. The molecule has 0 saturated carbocycles. The molecule has 0 radical (unpaired) electrons. The van der Waals surface area contributed by atoms with Crippen molar-refractivity contribution < 1.29 is 0 Å². The number of rotatable bonds is 3. The standard InChI is InChI=1S/C20H23N/c1-4-10-18(11-5-1)15-16-20-14-8-3-9-17-21(20)19-12-6-2-7-13-19/h1-2,4-7,10-13,15-16,20H,3,8-9,14,17H2/b16-15-. The van der Waals surface area contributed by atoms with Gasteiger partial charge in [0.25, 0.3) is 0 Å². The maximum Gasteiger partial charge on any atom is 0.0476 e. The third-order valence-corrected chi connectivity index (χ3v) is 4.20. The summed E-state index contributed by atoms with van der Waals surface area (Å²) in [5.41, 5.74) is 2.64. The molecule has 3 rings (SSSR count). The number of anilines is 1. The van der Waals surface area contributed by atoms with Crippen LogP contribution in [0.4, 0.5) is 5.69 Å². The first kappa shape index (κ1) is 13.9. The van der Waals surface area contributed by atoms with Crippen molar-refractivity contribution in [2.45, 2.75) is 31.7 Å². The molecule has 0 bridgehead atoms. The van der Waals surface area contributed by atoms with Gasteiger partial charge < -0.3 is 4.90 Å². The molecule has 1 fully saturated rings. The van der Waals surface area contributed by atoms with Crippen LogP contribution in [0.5, 0.6) is 0 Å². The Hall–Kier alpha value is -2.02. The van der Waals surface area contributed by atoms with E-state index in [9.17, 15) is 0 Å². The first-order valence-corrected chi connectivity index (χ1v) is 7.98. The van der Waals surface area contributed by atoms with Gasteiger partial charge in [0.05, 0.1) is 0 Å². The molecule has 21 heavy (non-hydrogen) atoms. The van der Waals surface area contributed by atoms with Gasteiger partial charge >= 0.3 is 0 Å². The van der Waals surface area contributed by atoms with Crippen molar-refractivity contribution in [3.05, 3.63) is 72.3 Å². The van der Waals surface area contributed by atoms with Crippen LogP contribution in [0, 0.1) is 0 Å². The van der Waals surface area contributed by atoms with Crippen molar-refractivity contribution in [3.8, 4) is 0 Å². The Kier molecular flexibility index (Phi) is 4.73. The molecule has 1 nitrogen and oxygen atoms in total. The first-order valence-electron chi connectivity index (χ1n) is 7.98. The molecule has 1 saturated heterocycles. The van der Waals surface area contributed by atoms with E-state index in [0.29, 0.717) is 6.04 Å². The molecule has 1 atom stereocenters. The van der Waals surface area contributed by atoms with Gasteiger partial charge in [-0.1, -0.05) is 73.5 Å². The highest BCUT2D eigenvalue weighted by Crippen LogP contribution is 2.25. The van der Waals surface area contributed by atoms with Crippen molar-refractivity contribution >= 4 is 11.8 Å². The summed E-state index contributed by atoms with van der Waals surface area (Å²) in [5, 5.41) is 0. The van der Waals surface area contributed by atoms with E-state index in [4.69, 9.17) is 0 Å². The summed E-state index contributed by atoms with van der Waals surface area (Å²) in [6, 6.07) is 21.9. The van der Waals surface area contributed by atoms with Crippen LogP contribution in [-0.2, 0) is 0 Å². The van der Waals surface area contributed by atoms with Gasteiger partial charge in [0, 0.05) is 18.3 Å². The van der Waals surface area contributed by atoms with Gasteiger partial charge in [-0.05, 0) is 30.5 Å². The van der Waals surface area contributed by atoms with E-state index in [1.807, 2.05) is 0 Å². The summed E-state index contributed by atoms with van der Waals surface area (Å²) in [6.07, 6.45) is 9.87. The third kappa shape index (κ3) is 3.75. The molecule has 0 aliphatic carbocycles. The summed E-state index contributed by atoms with van der Waals surface area (Å²) < 4.78 is 0. The average molecular weight is 277 g/mol. The van der Waals surface area contributed by atoms with E-state index in [1.54, 1.807) is 0 Å². The molecule has 0 aromatic heterocycles. The van der Waals surface area contributed by atoms with E-state index in [1.165, 1.54) is 36.9 Å². The second-order valence-corrected chi connectivity index (χ2v) is 5.72. The van der Waals surface area contributed by atoms with E-state index in [0.717, 1.165) is 6.54 Å². The predicted molar refractivity (Wildman–Crippen MR) is 91.5 cm³/mol. The van der Waals surface area contributed by atoms with Crippen LogP contribution in [0.2, 0.25) is 0 Å². The number of nitrogens with zero attached hydrogens (tertiary/aromatic N) is 1. The largest absolute Gasteiger partial charge is 0.365 e. The summed E-state index contributed by atoms with van der Waals surface area (Å²) in [7, 11) is 0. The van der Waals surface area contributed by atoms with Gasteiger partial charge in [0.15, 0.2) is 0 Å². The maximum atomic E-state index is 2.56. The van der Waals surface area contributed by atoms with Crippen LogP contribution in [-0.4, -0.2) is 12.6 Å². The number of benzene rings is 2. The summed E-state index contributed by atoms with van der Waals surface area (Å²) in [6.45, 7) is 1.16. The quantitative estimate of drug-likeness (QED) is 0.750. The SMILES string of the molecule is C(=C/C1CCCCCN1c1ccccc1)/c1ccccc1. The molecule has 1 unspecified atom stereocenters. The fraction of sp³-hybridized carbons (Fsp3) is 0.300. The van der Waals surface area contributed by atoms with Gasteiger partial charge in [0.1, 0.15) is 0 Å². The third-order valence-electron chi connectivity index (χ3n) is 4.20. The Morgan fingerprint density at radius 1 is 0.810 bits per heavy atom. The van der Waals surface area contributed by atoms with E-state index in [-0.39, 0.29) is 0 Å². The molecule has 0 N–H and O–H groups in total. The van der Waals surface area contributed by atoms with Crippen LogP contribution in [0.3, 0.4) is 0 Å². The highest BCUT2D eigenvalue weighted by Gasteiger charge is 2.18. The van der Waals surface area contributed by atoms with Crippen LogP contribution >= 0.6 is 0 Å².